The Bertz CT molecular complexity index is 444. The molecule has 1 aliphatic heterocycles. The number of hydrogen-bond acceptors (Lipinski definition) is 5. The molecule has 0 saturated carbocycles. The van der Waals surface area contributed by atoms with Crippen LogP contribution in [0.25, 0.3) is 0 Å². The van der Waals surface area contributed by atoms with Crippen LogP contribution in [0, 0.1) is 0 Å². The number of ketones is 1. The molecule has 1 aromatic carbocycles. The lowest BCUT2D eigenvalue weighted by molar-refractivity contribution is 0.0916. The highest BCUT2D eigenvalue weighted by molar-refractivity contribution is 7.32. The summed E-state index contributed by atoms with van der Waals surface area (Å²) in [7, 11) is -2.76. The van der Waals surface area contributed by atoms with E-state index in [0.29, 0.717) is 17.1 Å². The number of fused-ring (bicyclic) bond motifs is 1. The standard InChI is InChI=1S/C9H7O6P/c10-7(4-15-16(11)12)6-1-2-8-9(3-6)14-5-13-8/h1-3H,4-5H2/p+1. The van der Waals surface area contributed by atoms with E-state index in [1.54, 1.807) is 12.1 Å². The molecule has 0 amide bonds. The van der Waals surface area contributed by atoms with Crippen molar-refractivity contribution in [1.29, 1.82) is 0 Å². The number of rotatable bonds is 4. The zero-order valence-electron chi connectivity index (χ0n) is 8.08. The van der Waals surface area contributed by atoms with Crippen molar-refractivity contribution in [2.24, 2.45) is 0 Å². The van der Waals surface area contributed by atoms with Crippen molar-refractivity contribution in [2.45, 2.75) is 0 Å². The van der Waals surface area contributed by atoms with Gasteiger partial charge in [-0.3, -0.25) is 4.79 Å². The molecule has 0 saturated heterocycles. The number of ether oxygens (including phenoxy) is 2. The normalized spacial score (nSPS) is 13.7. The van der Waals surface area contributed by atoms with Crippen LogP contribution in [0.3, 0.4) is 0 Å². The second kappa shape index (κ2) is 4.57. The SMILES string of the molecule is O=C(CO[P+](=O)O)c1ccc2c(c1)OCO2. The van der Waals surface area contributed by atoms with Gasteiger partial charge in [-0.1, -0.05) is 0 Å². The average molecular weight is 243 g/mol. The number of carbonyl (C=O) groups is 1. The lowest BCUT2D eigenvalue weighted by Crippen LogP contribution is -2.05. The first-order valence-electron chi connectivity index (χ1n) is 4.39. The van der Waals surface area contributed by atoms with E-state index >= 15 is 0 Å². The Kier molecular flexibility index (Phi) is 3.14. The van der Waals surface area contributed by atoms with Gasteiger partial charge in [0.1, 0.15) is 0 Å². The van der Waals surface area contributed by atoms with Gasteiger partial charge in [-0.25, -0.2) is 0 Å². The summed E-state index contributed by atoms with van der Waals surface area (Å²) in [5.41, 5.74) is 0.348. The zero-order chi connectivity index (χ0) is 11.5. The third kappa shape index (κ3) is 2.36. The Morgan fingerprint density at radius 2 is 2.19 bits per heavy atom. The van der Waals surface area contributed by atoms with Gasteiger partial charge < -0.3 is 9.47 Å². The summed E-state index contributed by atoms with van der Waals surface area (Å²) in [6.07, 6.45) is 0. The fraction of sp³-hybridized carbons (Fsp3) is 0.222. The van der Waals surface area contributed by atoms with Crippen LogP contribution in [0.2, 0.25) is 0 Å². The molecule has 1 aromatic rings. The predicted octanol–water partition coefficient (Wildman–Crippen LogP) is 1.26. The zero-order valence-corrected chi connectivity index (χ0v) is 8.98. The molecule has 0 aromatic heterocycles. The van der Waals surface area contributed by atoms with Crippen molar-refractivity contribution in [3.05, 3.63) is 23.8 Å². The molecule has 0 radical (unpaired) electrons. The molecule has 0 bridgehead atoms. The minimum atomic E-state index is -2.76. The van der Waals surface area contributed by atoms with Gasteiger partial charge in [0.2, 0.25) is 6.79 Å². The van der Waals surface area contributed by atoms with Crippen LogP contribution in [0.5, 0.6) is 11.5 Å². The van der Waals surface area contributed by atoms with Gasteiger partial charge in [0.15, 0.2) is 23.9 Å². The topological polar surface area (TPSA) is 82.1 Å². The first-order valence-corrected chi connectivity index (χ1v) is 5.52. The predicted molar refractivity (Wildman–Crippen MR) is 52.7 cm³/mol. The van der Waals surface area contributed by atoms with Crippen LogP contribution in [0.4, 0.5) is 0 Å². The van der Waals surface area contributed by atoms with Crippen LogP contribution in [0.1, 0.15) is 10.4 Å². The molecular weight excluding hydrogens is 235 g/mol. The molecule has 0 aliphatic carbocycles. The van der Waals surface area contributed by atoms with Gasteiger partial charge in [0.25, 0.3) is 0 Å². The highest BCUT2D eigenvalue weighted by Gasteiger charge is 2.20. The fourth-order valence-corrected chi connectivity index (χ4v) is 1.49. The van der Waals surface area contributed by atoms with Gasteiger partial charge in [-0.15, -0.1) is 9.42 Å². The monoisotopic (exact) mass is 243 g/mol. The summed E-state index contributed by atoms with van der Waals surface area (Å²) < 4.78 is 24.7. The second-order valence-corrected chi connectivity index (χ2v) is 3.74. The van der Waals surface area contributed by atoms with E-state index in [4.69, 9.17) is 14.4 Å². The molecule has 1 heterocycles. The van der Waals surface area contributed by atoms with Crippen LogP contribution in [-0.2, 0) is 9.09 Å². The van der Waals surface area contributed by atoms with E-state index in [9.17, 15) is 9.36 Å². The Morgan fingerprint density at radius 1 is 1.44 bits per heavy atom. The third-order valence-electron chi connectivity index (χ3n) is 2.00. The Hall–Kier alpha value is -1.49. The molecular formula is C9H8O6P+. The van der Waals surface area contributed by atoms with Crippen LogP contribution < -0.4 is 9.47 Å². The van der Waals surface area contributed by atoms with Gasteiger partial charge in [-0.2, -0.15) is 0 Å². The number of Topliss-reactive ketones (excluding diaryl/α,β-unsaturated/α-hetero) is 1. The molecule has 1 unspecified atom stereocenters. The van der Waals surface area contributed by atoms with Crippen LogP contribution >= 0.6 is 8.25 Å². The lowest BCUT2D eigenvalue weighted by Gasteiger charge is -1.99. The molecule has 1 aliphatic rings. The first kappa shape index (κ1) is 11.0. The molecule has 0 spiro atoms. The minimum absolute atomic E-state index is 0.131. The number of hydrogen-bond donors (Lipinski definition) is 1. The Labute approximate surface area is 91.7 Å². The molecule has 84 valence electrons. The second-order valence-electron chi connectivity index (χ2n) is 3.00. The molecule has 1 N–H and O–H groups in total. The van der Waals surface area contributed by atoms with Crippen LogP contribution in [-0.4, -0.2) is 24.1 Å². The van der Waals surface area contributed by atoms with Gasteiger partial charge in [-0.05, 0) is 18.2 Å². The molecule has 2 rings (SSSR count). The minimum Gasteiger partial charge on any atom is -0.454 e. The Morgan fingerprint density at radius 3 is 2.94 bits per heavy atom. The van der Waals surface area contributed by atoms with Crippen molar-refractivity contribution >= 4 is 14.0 Å². The van der Waals surface area contributed by atoms with Crippen LogP contribution in [0.15, 0.2) is 18.2 Å². The summed E-state index contributed by atoms with van der Waals surface area (Å²) in [4.78, 5) is 19.9. The lowest BCUT2D eigenvalue weighted by atomic mass is 10.1. The summed E-state index contributed by atoms with van der Waals surface area (Å²) in [6, 6.07) is 4.66. The molecule has 0 fully saturated rings. The summed E-state index contributed by atoms with van der Waals surface area (Å²) in [6.45, 7) is -0.308. The fourth-order valence-electron chi connectivity index (χ4n) is 1.27. The quantitative estimate of drug-likeness (QED) is 0.633. The first-order chi connectivity index (χ1) is 7.66. The molecule has 16 heavy (non-hydrogen) atoms. The van der Waals surface area contributed by atoms with Crippen molar-refractivity contribution in [3.8, 4) is 11.5 Å². The van der Waals surface area contributed by atoms with Gasteiger partial charge in [0.05, 0.1) is 0 Å². The number of carbonyl (C=O) groups excluding carboxylic acids is 1. The van der Waals surface area contributed by atoms with Crippen molar-refractivity contribution in [1.82, 2.24) is 0 Å². The molecule has 1 atom stereocenters. The Balaban J connectivity index is 2.09. The smallest absolute Gasteiger partial charge is 0.454 e. The molecule has 7 heteroatoms. The highest BCUT2D eigenvalue weighted by Crippen LogP contribution is 2.32. The van der Waals surface area contributed by atoms with Gasteiger partial charge in [0, 0.05) is 10.1 Å². The number of benzene rings is 1. The third-order valence-corrected chi connectivity index (χ3v) is 2.35. The van der Waals surface area contributed by atoms with E-state index in [2.05, 4.69) is 4.52 Å². The van der Waals surface area contributed by atoms with Gasteiger partial charge >= 0.3 is 8.25 Å². The molecule has 6 nitrogen and oxygen atoms in total. The van der Waals surface area contributed by atoms with E-state index in [0.717, 1.165) is 0 Å². The van der Waals surface area contributed by atoms with E-state index in [1.165, 1.54) is 6.07 Å². The summed E-state index contributed by atoms with van der Waals surface area (Å²) in [5.74, 6) is 0.667. The summed E-state index contributed by atoms with van der Waals surface area (Å²) in [5, 5.41) is 0. The highest BCUT2D eigenvalue weighted by atomic mass is 31.1. The summed E-state index contributed by atoms with van der Waals surface area (Å²) >= 11 is 0. The van der Waals surface area contributed by atoms with E-state index < -0.39 is 20.6 Å². The van der Waals surface area contributed by atoms with Crippen molar-refractivity contribution in [2.75, 3.05) is 13.4 Å². The maximum atomic E-state index is 11.5. The maximum Gasteiger partial charge on any atom is 0.695 e. The maximum absolute atomic E-state index is 11.5. The van der Waals surface area contributed by atoms with Crippen molar-refractivity contribution < 1.29 is 28.3 Å². The van der Waals surface area contributed by atoms with E-state index in [-0.39, 0.29) is 6.79 Å². The average Bonchev–Trinajstić information content (AvgIpc) is 2.72. The van der Waals surface area contributed by atoms with Crippen molar-refractivity contribution in [3.63, 3.8) is 0 Å². The largest absolute Gasteiger partial charge is 0.695 e. The van der Waals surface area contributed by atoms with E-state index in [1.807, 2.05) is 0 Å².